The van der Waals surface area contributed by atoms with Gasteiger partial charge in [-0.15, -0.1) is 0 Å². The molecule has 2 fully saturated rings. The number of hydrogen-bond donors (Lipinski definition) is 6. The average Bonchev–Trinajstić information content (AvgIpc) is 3.07. The zero-order chi connectivity index (χ0) is 26.8. The Hall–Kier alpha value is -1.84. The van der Waals surface area contributed by atoms with Crippen LogP contribution < -0.4 is 0 Å². The molecule has 0 aromatic heterocycles. The maximum absolute atomic E-state index is 12.3. The van der Waals surface area contributed by atoms with Crippen LogP contribution in [0.25, 0.3) is 0 Å². The number of fused-ring (bicyclic) bond motifs is 1. The summed E-state index contributed by atoms with van der Waals surface area (Å²) in [6.07, 6.45) is -8.66. The van der Waals surface area contributed by atoms with Crippen molar-refractivity contribution < 1.29 is 63.9 Å². The Labute approximate surface area is 208 Å². The van der Waals surface area contributed by atoms with Crippen LogP contribution in [0, 0.1) is 17.8 Å². The van der Waals surface area contributed by atoms with Crippen LogP contribution in [0.1, 0.15) is 33.6 Å². The molecule has 1 aliphatic carbocycles. The number of carbonyl (C=O) groups excluding carboxylic acids is 2. The maximum Gasteiger partial charge on any atom is 0.309 e. The summed E-state index contributed by atoms with van der Waals surface area (Å²) in [5.41, 5.74) is -1.59. The molecule has 13 heteroatoms. The van der Waals surface area contributed by atoms with Gasteiger partial charge in [-0.3, -0.25) is 9.59 Å². The van der Waals surface area contributed by atoms with E-state index in [9.17, 15) is 40.2 Å². The Bertz CT molecular complexity index is 814. The van der Waals surface area contributed by atoms with Crippen molar-refractivity contribution in [3.63, 3.8) is 0 Å². The molecule has 3 aliphatic rings. The molecule has 36 heavy (non-hydrogen) atoms. The second-order valence-electron chi connectivity index (χ2n) is 9.95. The van der Waals surface area contributed by atoms with Gasteiger partial charge in [0.15, 0.2) is 6.29 Å². The van der Waals surface area contributed by atoms with E-state index in [1.54, 1.807) is 0 Å². The smallest absolute Gasteiger partial charge is 0.309 e. The number of rotatable bonds is 9. The van der Waals surface area contributed by atoms with Crippen molar-refractivity contribution in [1.29, 1.82) is 0 Å². The van der Waals surface area contributed by atoms with Crippen LogP contribution in [0.3, 0.4) is 0 Å². The molecule has 0 aromatic rings. The van der Waals surface area contributed by atoms with Crippen LogP contribution in [-0.4, -0.2) is 111 Å². The molecular formula is C23H36O13. The van der Waals surface area contributed by atoms with Gasteiger partial charge >= 0.3 is 11.9 Å². The molecule has 1 saturated carbocycles. The quantitative estimate of drug-likeness (QED) is 0.181. The average molecular weight is 521 g/mol. The minimum Gasteiger partial charge on any atom is -0.463 e. The van der Waals surface area contributed by atoms with Crippen molar-refractivity contribution in [2.45, 2.75) is 82.3 Å². The number of aliphatic hydroxyl groups excluding tert-OH is 5. The second kappa shape index (κ2) is 11.7. The molecule has 0 radical (unpaired) electrons. The Balaban J connectivity index is 1.79. The summed E-state index contributed by atoms with van der Waals surface area (Å²) in [6.45, 7) is 3.37. The summed E-state index contributed by atoms with van der Waals surface area (Å²) in [6, 6.07) is 0. The van der Waals surface area contributed by atoms with Gasteiger partial charge in [0, 0.05) is 19.3 Å². The van der Waals surface area contributed by atoms with E-state index in [4.69, 9.17) is 23.7 Å². The molecule has 0 unspecified atom stereocenters. The van der Waals surface area contributed by atoms with Crippen LogP contribution in [0.15, 0.2) is 11.8 Å². The van der Waals surface area contributed by atoms with E-state index in [2.05, 4.69) is 0 Å². The summed E-state index contributed by atoms with van der Waals surface area (Å²) >= 11 is 0. The predicted molar refractivity (Wildman–Crippen MR) is 117 cm³/mol. The van der Waals surface area contributed by atoms with Crippen LogP contribution in [0.2, 0.25) is 0 Å². The highest BCUT2D eigenvalue weighted by atomic mass is 16.7. The third-order valence-corrected chi connectivity index (χ3v) is 6.78. The first-order valence-corrected chi connectivity index (χ1v) is 11.9. The lowest BCUT2D eigenvalue weighted by molar-refractivity contribution is -0.299. The molecule has 2 aliphatic heterocycles. The molecule has 1 saturated heterocycles. The molecule has 2 heterocycles. The molecule has 13 nitrogen and oxygen atoms in total. The zero-order valence-corrected chi connectivity index (χ0v) is 20.4. The van der Waals surface area contributed by atoms with Crippen LogP contribution in [0.5, 0.6) is 0 Å². The number of aliphatic hydroxyl groups is 6. The third-order valence-electron chi connectivity index (χ3n) is 6.78. The van der Waals surface area contributed by atoms with E-state index < -0.39 is 85.7 Å². The summed E-state index contributed by atoms with van der Waals surface area (Å²) in [5.74, 6) is -2.91. The first kappa shape index (κ1) is 28.7. The van der Waals surface area contributed by atoms with Crippen molar-refractivity contribution in [2.75, 3.05) is 19.8 Å². The Kier molecular flexibility index (Phi) is 9.33. The van der Waals surface area contributed by atoms with Crippen molar-refractivity contribution in [2.24, 2.45) is 17.8 Å². The largest absolute Gasteiger partial charge is 0.463 e. The Morgan fingerprint density at radius 2 is 1.83 bits per heavy atom. The Morgan fingerprint density at radius 1 is 1.14 bits per heavy atom. The van der Waals surface area contributed by atoms with Gasteiger partial charge in [-0.1, -0.05) is 13.8 Å². The van der Waals surface area contributed by atoms with E-state index in [1.807, 2.05) is 13.8 Å². The van der Waals surface area contributed by atoms with Crippen molar-refractivity contribution >= 4 is 11.9 Å². The molecule has 6 N–H and O–H groups in total. The van der Waals surface area contributed by atoms with Gasteiger partial charge in [-0.2, -0.15) is 0 Å². The third kappa shape index (κ3) is 6.00. The van der Waals surface area contributed by atoms with Gasteiger partial charge in [-0.25, -0.2) is 0 Å². The van der Waals surface area contributed by atoms with Gasteiger partial charge in [0.1, 0.15) is 36.6 Å². The molecule has 0 amide bonds. The highest BCUT2D eigenvalue weighted by Crippen LogP contribution is 2.49. The minimum absolute atomic E-state index is 0.00373. The molecular weight excluding hydrogens is 484 g/mol. The molecule has 10 atom stereocenters. The highest BCUT2D eigenvalue weighted by molar-refractivity contribution is 5.69. The standard InChI is InChI=1S/C23H36O13/c1-10(2)4-16(27)36-21-17-13(5-15(26)23(17,31)9-34-11(3)25)12(7-32-21)8-33-22-20(30)19(29)18(28)14(6-24)35-22/h7,10,13-15,17-22,24,26,28-31H,4-6,8-9H2,1-3H3/t13-,14-,15+,17-,18-,19+,20-,21+,22-,23-/m1/s1. The molecule has 3 rings (SSSR count). The normalized spacial score (nSPS) is 40.3. The summed E-state index contributed by atoms with van der Waals surface area (Å²) in [7, 11) is 0. The summed E-state index contributed by atoms with van der Waals surface area (Å²) in [5, 5.41) is 61.6. The number of hydrogen-bond acceptors (Lipinski definition) is 13. The lowest BCUT2D eigenvalue weighted by atomic mass is 9.80. The fourth-order valence-electron chi connectivity index (χ4n) is 4.84. The topological polar surface area (TPSA) is 202 Å². The van der Waals surface area contributed by atoms with Crippen LogP contribution in [-0.2, 0) is 33.3 Å². The van der Waals surface area contributed by atoms with Crippen molar-refractivity contribution in [1.82, 2.24) is 0 Å². The second-order valence-corrected chi connectivity index (χ2v) is 9.95. The lowest BCUT2D eigenvalue weighted by Gasteiger charge is -2.41. The highest BCUT2D eigenvalue weighted by Gasteiger charge is 2.61. The SMILES string of the molecule is CC(=O)OC[C@]1(O)[C@H]2[C@H](OC(=O)CC(C)C)OC=C(CO[C@@H]3O[C@H](CO)[C@@H](O)[C@H](O)[C@H]3O)[C@H]2C[C@@H]1O. The van der Waals surface area contributed by atoms with E-state index >= 15 is 0 Å². The van der Waals surface area contributed by atoms with E-state index in [0.717, 1.165) is 6.92 Å². The summed E-state index contributed by atoms with van der Waals surface area (Å²) in [4.78, 5) is 23.8. The maximum atomic E-state index is 12.3. The number of ether oxygens (including phenoxy) is 5. The number of esters is 2. The fourth-order valence-corrected chi connectivity index (χ4v) is 4.84. The van der Waals surface area contributed by atoms with Gasteiger partial charge in [0.25, 0.3) is 0 Å². The first-order chi connectivity index (χ1) is 16.9. The first-order valence-electron chi connectivity index (χ1n) is 11.9. The lowest BCUT2D eigenvalue weighted by Crippen LogP contribution is -2.59. The van der Waals surface area contributed by atoms with Gasteiger partial charge < -0.3 is 54.3 Å². The van der Waals surface area contributed by atoms with Gasteiger partial charge in [0.2, 0.25) is 6.29 Å². The molecule has 0 spiro atoms. The van der Waals surface area contributed by atoms with Crippen LogP contribution in [0.4, 0.5) is 0 Å². The molecule has 0 bridgehead atoms. The van der Waals surface area contributed by atoms with Crippen LogP contribution >= 0.6 is 0 Å². The van der Waals surface area contributed by atoms with E-state index in [0.29, 0.717) is 5.57 Å². The predicted octanol–water partition coefficient (Wildman–Crippen LogP) is -2.08. The zero-order valence-electron chi connectivity index (χ0n) is 20.4. The molecule has 0 aromatic carbocycles. The molecule has 206 valence electrons. The summed E-state index contributed by atoms with van der Waals surface area (Å²) < 4.78 is 27.0. The van der Waals surface area contributed by atoms with E-state index in [1.165, 1.54) is 6.26 Å². The fraction of sp³-hybridized carbons (Fsp3) is 0.826. The number of carbonyl (C=O) groups is 2. The van der Waals surface area contributed by atoms with Gasteiger partial charge in [-0.05, 0) is 17.9 Å². The van der Waals surface area contributed by atoms with Crippen molar-refractivity contribution in [3.05, 3.63) is 11.8 Å². The monoisotopic (exact) mass is 520 g/mol. The van der Waals surface area contributed by atoms with Crippen molar-refractivity contribution in [3.8, 4) is 0 Å². The van der Waals surface area contributed by atoms with E-state index in [-0.39, 0.29) is 25.4 Å². The van der Waals surface area contributed by atoms with Gasteiger partial charge in [0.05, 0.1) is 31.5 Å². The minimum atomic E-state index is -2.00. The Morgan fingerprint density at radius 3 is 2.44 bits per heavy atom.